The third-order valence-electron chi connectivity index (χ3n) is 5.95. The zero-order chi connectivity index (χ0) is 25.8. The molecule has 0 amide bonds. The minimum Gasteiger partial charge on any atom is -0.396 e. The van der Waals surface area contributed by atoms with E-state index in [-0.39, 0.29) is 38.6 Å². The lowest BCUT2D eigenvalue weighted by Crippen LogP contribution is -2.47. The topological polar surface area (TPSA) is 95.8 Å². The van der Waals surface area contributed by atoms with Gasteiger partial charge in [0.2, 0.25) is 0 Å². The molecule has 36 heavy (non-hydrogen) atoms. The summed E-state index contributed by atoms with van der Waals surface area (Å²) in [6.45, 7) is 1.43. The van der Waals surface area contributed by atoms with Gasteiger partial charge >= 0.3 is 0 Å². The van der Waals surface area contributed by atoms with Gasteiger partial charge in [-0.05, 0) is 24.0 Å². The number of methoxy groups -OCH3 is 2. The van der Waals surface area contributed by atoms with Crippen LogP contribution in [-0.2, 0) is 41.3 Å². The number of aliphatic hydroxyl groups excluding tert-OH is 2. The zero-order valence-electron chi connectivity index (χ0n) is 21.5. The van der Waals surface area contributed by atoms with Crippen LogP contribution in [0.2, 0.25) is 0 Å². The molecule has 0 aromatic heterocycles. The van der Waals surface area contributed by atoms with Gasteiger partial charge < -0.3 is 38.6 Å². The number of hydrogen-bond acceptors (Lipinski definition) is 8. The predicted molar refractivity (Wildman–Crippen MR) is 137 cm³/mol. The highest BCUT2D eigenvalue weighted by Crippen LogP contribution is 2.27. The van der Waals surface area contributed by atoms with Crippen molar-refractivity contribution in [1.82, 2.24) is 0 Å². The Hall–Kier alpha value is -1.88. The molecule has 0 radical (unpaired) electrons. The lowest BCUT2D eigenvalue weighted by molar-refractivity contribution is -0.203. The molecule has 0 aliphatic carbocycles. The molecule has 0 heterocycles. The van der Waals surface area contributed by atoms with Gasteiger partial charge in [0.05, 0.1) is 38.6 Å². The van der Waals surface area contributed by atoms with Gasteiger partial charge in [0.25, 0.3) is 0 Å². The fraction of sp³-hybridized carbons (Fsp3) is 0.571. The van der Waals surface area contributed by atoms with E-state index in [0.717, 1.165) is 11.1 Å². The maximum Gasteiger partial charge on any atom is 0.147 e. The first kappa shape index (κ1) is 30.3. The van der Waals surface area contributed by atoms with Crippen molar-refractivity contribution in [2.75, 3.05) is 67.4 Å². The lowest BCUT2D eigenvalue weighted by atomic mass is 9.84. The van der Waals surface area contributed by atoms with Crippen molar-refractivity contribution < 1.29 is 38.6 Å². The van der Waals surface area contributed by atoms with Crippen molar-refractivity contribution in [2.45, 2.75) is 25.0 Å². The Morgan fingerprint density at radius 1 is 0.583 bits per heavy atom. The van der Waals surface area contributed by atoms with Gasteiger partial charge in [0.15, 0.2) is 0 Å². The molecular weight excluding hydrogens is 464 g/mol. The van der Waals surface area contributed by atoms with Crippen molar-refractivity contribution in [3.05, 3.63) is 71.8 Å². The number of aliphatic hydroxyl groups is 2. The number of ether oxygens (including phenoxy) is 6. The Bertz CT molecular complexity index is 695. The van der Waals surface area contributed by atoms with Crippen LogP contribution in [0.15, 0.2) is 60.7 Å². The lowest BCUT2D eigenvalue weighted by Gasteiger charge is -2.37. The summed E-state index contributed by atoms with van der Waals surface area (Å²) in [5, 5.41) is 20.9. The fourth-order valence-electron chi connectivity index (χ4n) is 4.06. The van der Waals surface area contributed by atoms with E-state index in [1.807, 2.05) is 60.7 Å². The van der Waals surface area contributed by atoms with Gasteiger partial charge in [-0.15, -0.1) is 0 Å². The highest BCUT2D eigenvalue weighted by atomic mass is 16.7. The molecule has 0 saturated heterocycles. The molecule has 2 N–H and O–H groups in total. The first-order valence-corrected chi connectivity index (χ1v) is 12.4. The summed E-state index contributed by atoms with van der Waals surface area (Å²) in [5.74, 6) is -0.598. The largest absolute Gasteiger partial charge is 0.396 e. The SMILES string of the molecule is COCCOCOC(C(CO)Cc1ccccc1)C(OCOCCOC)C(CO)Cc1ccccc1. The molecule has 0 aliphatic rings. The maximum absolute atomic E-state index is 10.4. The van der Waals surface area contributed by atoms with Crippen molar-refractivity contribution in [3.8, 4) is 0 Å². The van der Waals surface area contributed by atoms with E-state index >= 15 is 0 Å². The summed E-state index contributed by atoms with van der Waals surface area (Å²) in [5.41, 5.74) is 2.15. The highest BCUT2D eigenvalue weighted by molar-refractivity contribution is 5.17. The van der Waals surface area contributed by atoms with Crippen LogP contribution in [-0.4, -0.2) is 89.9 Å². The van der Waals surface area contributed by atoms with Crippen LogP contribution >= 0.6 is 0 Å². The zero-order valence-corrected chi connectivity index (χ0v) is 21.5. The molecule has 2 aromatic rings. The molecule has 0 aliphatic heterocycles. The summed E-state index contributed by atoms with van der Waals surface area (Å²) in [6, 6.07) is 19.9. The van der Waals surface area contributed by atoms with Crippen molar-refractivity contribution in [3.63, 3.8) is 0 Å². The second-order valence-corrected chi connectivity index (χ2v) is 8.57. The van der Waals surface area contributed by atoms with Crippen LogP contribution in [0, 0.1) is 11.8 Å². The Morgan fingerprint density at radius 3 is 1.31 bits per heavy atom. The standard InChI is InChI=1S/C28H42O8/c1-31-13-15-33-21-35-27(25(19-29)17-23-9-5-3-6-10-23)28(36-22-34-16-14-32-2)26(20-30)18-24-11-7-4-8-12-24/h3-12,25-30H,13-22H2,1-2H3. The van der Waals surface area contributed by atoms with E-state index in [0.29, 0.717) is 39.3 Å². The summed E-state index contributed by atoms with van der Waals surface area (Å²) in [7, 11) is 3.22. The molecule has 4 atom stereocenters. The van der Waals surface area contributed by atoms with Crippen LogP contribution in [0.25, 0.3) is 0 Å². The monoisotopic (exact) mass is 506 g/mol. The molecular formula is C28H42O8. The van der Waals surface area contributed by atoms with Gasteiger partial charge in [-0.1, -0.05) is 60.7 Å². The van der Waals surface area contributed by atoms with Gasteiger partial charge in [0, 0.05) is 39.3 Å². The van der Waals surface area contributed by atoms with Gasteiger partial charge in [-0.25, -0.2) is 0 Å². The Kier molecular flexibility index (Phi) is 16.2. The van der Waals surface area contributed by atoms with Gasteiger partial charge in [-0.3, -0.25) is 0 Å². The summed E-state index contributed by atoms with van der Waals surface area (Å²) < 4.78 is 33.7. The molecule has 8 heteroatoms. The van der Waals surface area contributed by atoms with E-state index in [2.05, 4.69) is 0 Å². The van der Waals surface area contributed by atoms with Crippen LogP contribution in [0.3, 0.4) is 0 Å². The average molecular weight is 507 g/mol. The number of benzene rings is 2. The van der Waals surface area contributed by atoms with Crippen LogP contribution in [0.5, 0.6) is 0 Å². The third-order valence-corrected chi connectivity index (χ3v) is 5.95. The molecule has 4 unspecified atom stereocenters. The number of hydrogen-bond donors (Lipinski definition) is 2. The van der Waals surface area contributed by atoms with E-state index < -0.39 is 12.2 Å². The van der Waals surface area contributed by atoms with Crippen LogP contribution < -0.4 is 0 Å². The normalized spacial score (nSPS) is 14.9. The molecule has 0 spiro atoms. The molecule has 0 saturated carbocycles. The van der Waals surface area contributed by atoms with E-state index in [9.17, 15) is 10.2 Å². The van der Waals surface area contributed by atoms with E-state index in [4.69, 9.17) is 28.4 Å². The van der Waals surface area contributed by atoms with Crippen molar-refractivity contribution in [2.24, 2.45) is 11.8 Å². The van der Waals surface area contributed by atoms with E-state index in [1.165, 1.54) is 0 Å². The summed E-state index contributed by atoms with van der Waals surface area (Å²) in [4.78, 5) is 0. The maximum atomic E-state index is 10.4. The average Bonchev–Trinajstić information content (AvgIpc) is 2.92. The molecule has 8 nitrogen and oxygen atoms in total. The number of rotatable bonds is 21. The van der Waals surface area contributed by atoms with Crippen molar-refractivity contribution >= 4 is 0 Å². The molecule has 0 bridgehead atoms. The second-order valence-electron chi connectivity index (χ2n) is 8.57. The minimum absolute atomic E-state index is 0.00714. The Balaban J connectivity index is 2.26. The van der Waals surface area contributed by atoms with E-state index in [1.54, 1.807) is 14.2 Å². The molecule has 202 valence electrons. The quantitative estimate of drug-likeness (QED) is 0.197. The first-order chi connectivity index (χ1) is 17.7. The third kappa shape index (κ3) is 11.5. The summed E-state index contributed by atoms with van der Waals surface area (Å²) in [6.07, 6.45) is 0.0244. The Morgan fingerprint density at radius 2 is 0.972 bits per heavy atom. The van der Waals surface area contributed by atoms with Crippen LogP contribution in [0.4, 0.5) is 0 Å². The predicted octanol–water partition coefficient (Wildman–Crippen LogP) is 2.70. The van der Waals surface area contributed by atoms with Crippen LogP contribution in [0.1, 0.15) is 11.1 Å². The Labute approximate surface area is 215 Å². The van der Waals surface area contributed by atoms with Crippen molar-refractivity contribution in [1.29, 1.82) is 0 Å². The fourth-order valence-corrected chi connectivity index (χ4v) is 4.06. The molecule has 2 rings (SSSR count). The summed E-state index contributed by atoms with van der Waals surface area (Å²) >= 11 is 0. The smallest absolute Gasteiger partial charge is 0.147 e. The molecule has 0 fully saturated rings. The second kappa shape index (κ2) is 19.3. The highest BCUT2D eigenvalue weighted by Gasteiger charge is 2.37. The minimum atomic E-state index is -0.565. The molecule has 2 aromatic carbocycles. The van der Waals surface area contributed by atoms with Gasteiger partial charge in [-0.2, -0.15) is 0 Å². The first-order valence-electron chi connectivity index (χ1n) is 12.4. The van der Waals surface area contributed by atoms with Gasteiger partial charge in [0.1, 0.15) is 13.6 Å².